The molecule has 2 amide bonds. The fourth-order valence-electron chi connectivity index (χ4n) is 5.01. The molecule has 3 saturated carbocycles. The van der Waals surface area contributed by atoms with Crippen LogP contribution in [0.5, 0.6) is 5.75 Å². The largest absolute Gasteiger partial charge is 0.573 e. The number of rotatable bonds is 8. The number of carbonyl (C=O) groups is 2. The molecule has 2 aromatic rings. The van der Waals surface area contributed by atoms with Gasteiger partial charge in [-0.2, -0.15) is 15.2 Å². The van der Waals surface area contributed by atoms with Crippen LogP contribution in [0.15, 0.2) is 24.4 Å². The number of aromatic nitrogens is 3. The average Bonchev–Trinajstić information content (AvgIpc) is 3.37. The van der Waals surface area contributed by atoms with Crippen molar-refractivity contribution in [3.05, 3.63) is 40.7 Å². The van der Waals surface area contributed by atoms with Crippen molar-refractivity contribution in [2.24, 2.45) is 5.41 Å². The summed E-state index contributed by atoms with van der Waals surface area (Å²) in [5.41, 5.74) is -0.148. The van der Waals surface area contributed by atoms with Crippen molar-refractivity contribution in [1.29, 1.82) is 5.26 Å². The lowest BCUT2D eigenvalue weighted by Crippen LogP contribution is -2.51. The lowest BCUT2D eigenvalue weighted by atomic mass is 9.54. The molecule has 0 unspecified atom stereocenters. The van der Waals surface area contributed by atoms with E-state index in [-0.39, 0.29) is 23.2 Å². The van der Waals surface area contributed by atoms with Gasteiger partial charge in [0.05, 0.1) is 23.3 Å². The Hall–Kier alpha value is -3.33. The predicted octanol–water partition coefficient (Wildman–Crippen LogP) is 3.85. The number of carbonyl (C=O) groups excluding carboxylic acids is 2. The fraction of sp³-hybridized carbons (Fsp3) is 0.542. The predicted molar refractivity (Wildman–Crippen MR) is 123 cm³/mol. The van der Waals surface area contributed by atoms with Crippen molar-refractivity contribution >= 4 is 23.4 Å². The Kier molecular flexibility index (Phi) is 6.30. The third kappa shape index (κ3) is 5.51. The van der Waals surface area contributed by atoms with E-state index in [0.29, 0.717) is 23.8 Å². The highest BCUT2D eigenvalue weighted by Crippen LogP contribution is 2.60. The maximum Gasteiger partial charge on any atom is 0.573 e. The Morgan fingerprint density at radius 1 is 1.27 bits per heavy atom. The molecule has 196 valence electrons. The zero-order chi connectivity index (χ0) is 26.4. The summed E-state index contributed by atoms with van der Waals surface area (Å²) in [5.74, 6) is -1.81. The van der Waals surface area contributed by atoms with Crippen molar-refractivity contribution in [2.45, 2.75) is 75.4 Å². The van der Waals surface area contributed by atoms with Crippen molar-refractivity contribution in [1.82, 2.24) is 25.6 Å². The van der Waals surface area contributed by atoms with Crippen LogP contribution >= 0.6 is 11.6 Å². The highest BCUT2D eigenvalue weighted by atomic mass is 35.5. The minimum atomic E-state index is -4.91. The number of nitrogens with one attached hydrogen (secondary N) is 2. The molecule has 0 radical (unpaired) electrons. The first-order valence-electron chi connectivity index (χ1n) is 12.0. The van der Waals surface area contributed by atoms with Gasteiger partial charge in [0.2, 0.25) is 5.91 Å². The minimum absolute atomic E-state index is 0.0423. The van der Waals surface area contributed by atoms with Gasteiger partial charge in [-0.15, -0.1) is 18.3 Å². The number of halogens is 4. The van der Waals surface area contributed by atoms with E-state index in [0.717, 1.165) is 18.9 Å². The molecule has 0 saturated heterocycles. The highest BCUT2D eigenvalue weighted by molar-refractivity contribution is 6.32. The Morgan fingerprint density at radius 3 is 2.57 bits per heavy atom. The van der Waals surface area contributed by atoms with E-state index < -0.39 is 35.5 Å². The van der Waals surface area contributed by atoms with Gasteiger partial charge in [-0.1, -0.05) is 24.1 Å². The van der Waals surface area contributed by atoms with Crippen molar-refractivity contribution in [3.63, 3.8) is 0 Å². The quantitative estimate of drug-likeness (QED) is 0.528. The van der Waals surface area contributed by atoms with Crippen molar-refractivity contribution in [2.75, 3.05) is 0 Å². The molecule has 37 heavy (non-hydrogen) atoms. The maximum atomic E-state index is 13.0. The number of hydrogen-bond donors (Lipinski definition) is 2. The van der Waals surface area contributed by atoms with Crippen LogP contribution in [0.1, 0.15) is 67.0 Å². The zero-order valence-electron chi connectivity index (χ0n) is 19.6. The smallest absolute Gasteiger partial charge is 0.404 e. The summed E-state index contributed by atoms with van der Waals surface area (Å²) in [6.07, 6.45) is 2.96. The van der Waals surface area contributed by atoms with Gasteiger partial charge in [-0.25, -0.2) is 0 Å². The summed E-state index contributed by atoms with van der Waals surface area (Å²) >= 11 is 5.95. The molecule has 9 nitrogen and oxygen atoms in total. The van der Waals surface area contributed by atoms with Gasteiger partial charge < -0.3 is 15.4 Å². The first-order valence-corrected chi connectivity index (χ1v) is 12.4. The molecule has 5 rings (SSSR count). The monoisotopic (exact) mass is 536 g/mol. The SMILES string of the molecule is N#CC1(NC(=O)[C@H](Cc2ccc(OC(F)(F)F)c(Cl)c2)NC(=O)c2cnn(C3CC4(CCC4)C3)n2)CC1. The maximum absolute atomic E-state index is 13.0. The second kappa shape index (κ2) is 9.20. The second-order valence-electron chi connectivity index (χ2n) is 10.2. The molecular formula is C24H24ClF3N6O3. The number of hydrogen-bond acceptors (Lipinski definition) is 6. The lowest BCUT2D eigenvalue weighted by molar-refractivity contribution is -0.274. The summed E-state index contributed by atoms with van der Waals surface area (Å²) in [6, 6.07) is 4.65. The van der Waals surface area contributed by atoms with Crippen LogP contribution in [0.2, 0.25) is 5.02 Å². The highest BCUT2D eigenvalue weighted by Gasteiger charge is 2.50. The van der Waals surface area contributed by atoms with Gasteiger partial charge in [0.1, 0.15) is 17.3 Å². The number of amides is 2. The van der Waals surface area contributed by atoms with Gasteiger partial charge in [-0.3, -0.25) is 9.59 Å². The van der Waals surface area contributed by atoms with Crippen LogP contribution < -0.4 is 15.4 Å². The normalized spacial score (nSPS) is 20.2. The number of alkyl halides is 3. The molecule has 1 aromatic heterocycles. The molecule has 3 aliphatic carbocycles. The van der Waals surface area contributed by atoms with Crippen LogP contribution in [-0.4, -0.2) is 44.8 Å². The Labute approximate surface area is 215 Å². The van der Waals surface area contributed by atoms with Gasteiger partial charge in [0.25, 0.3) is 5.91 Å². The van der Waals surface area contributed by atoms with E-state index >= 15 is 0 Å². The third-order valence-electron chi connectivity index (χ3n) is 7.43. The molecule has 1 spiro atoms. The molecule has 3 aliphatic rings. The summed E-state index contributed by atoms with van der Waals surface area (Å²) in [4.78, 5) is 27.5. The van der Waals surface area contributed by atoms with Gasteiger partial charge in [0.15, 0.2) is 5.69 Å². The van der Waals surface area contributed by atoms with Gasteiger partial charge in [0, 0.05) is 6.42 Å². The molecule has 13 heteroatoms. The minimum Gasteiger partial charge on any atom is -0.404 e. The van der Waals surface area contributed by atoms with E-state index in [2.05, 4.69) is 31.6 Å². The van der Waals surface area contributed by atoms with Crippen LogP contribution in [0, 0.1) is 16.7 Å². The molecule has 2 N–H and O–H groups in total. The second-order valence-corrected chi connectivity index (χ2v) is 10.6. The molecule has 1 atom stereocenters. The topological polar surface area (TPSA) is 122 Å². The van der Waals surface area contributed by atoms with Crippen LogP contribution in [-0.2, 0) is 11.2 Å². The van der Waals surface area contributed by atoms with E-state index in [1.54, 1.807) is 4.80 Å². The first kappa shape index (κ1) is 25.3. The van der Waals surface area contributed by atoms with E-state index in [1.165, 1.54) is 37.6 Å². The van der Waals surface area contributed by atoms with Crippen molar-refractivity contribution in [3.8, 4) is 11.8 Å². The average molecular weight is 537 g/mol. The Morgan fingerprint density at radius 2 is 2.00 bits per heavy atom. The third-order valence-corrected chi connectivity index (χ3v) is 7.72. The molecule has 1 aromatic carbocycles. The Balaban J connectivity index is 1.28. The number of ether oxygens (including phenoxy) is 1. The number of nitriles is 1. The van der Waals surface area contributed by atoms with E-state index in [4.69, 9.17) is 11.6 Å². The lowest BCUT2D eigenvalue weighted by Gasteiger charge is -2.53. The molecule has 1 heterocycles. The van der Waals surface area contributed by atoms with Gasteiger partial charge >= 0.3 is 6.36 Å². The number of nitrogens with zero attached hydrogens (tertiary/aromatic N) is 4. The standard InChI is InChI=1S/C24H24ClF3N6O3/c25-16-8-14(2-3-19(16)37-24(26,27)28)9-17(21(36)32-23(13-29)6-7-23)31-20(35)18-12-30-34(33-18)15-10-22(11-15)4-1-5-22/h2-3,8,12,15,17H,1,4-7,9-11H2,(H,31,35)(H,32,36)/t17-/m0/s1. The first-order chi connectivity index (χ1) is 17.5. The molecule has 0 bridgehead atoms. The summed E-state index contributed by atoms with van der Waals surface area (Å²) in [5, 5.41) is 22.9. The van der Waals surface area contributed by atoms with Crippen molar-refractivity contribution < 1.29 is 27.5 Å². The Bertz CT molecular complexity index is 1260. The van der Waals surface area contributed by atoms with E-state index in [1.807, 2.05) is 0 Å². The summed E-state index contributed by atoms with van der Waals surface area (Å²) in [7, 11) is 0. The van der Waals surface area contributed by atoms with E-state index in [9.17, 15) is 28.0 Å². The fourth-order valence-corrected chi connectivity index (χ4v) is 5.25. The number of benzene rings is 1. The van der Waals surface area contributed by atoms with Crippen LogP contribution in [0.4, 0.5) is 13.2 Å². The van der Waals surface area contributed by atoms with Crippen LogP contribution in [0.25, 0.3) is 0 Å². The molecular weight excluding hydrogens is 513 g/mol. The molecule has 0 aliphatic heterocycles. The summed E-state index contributed by atoms with van der Waals surface area (Å²) in [6.45, 7) is 0. The zero-order valence-corrected chi connectivity index (χ0v) is 20.4. The summed E-state index contributed by atoms with van der Waals surface area (Å²) < 4.78 is 41.5. The van der Waals surface area contributed by atoms with Gasteiger partial charge in [-0.05, 0) is 61.6 Å². The van der Waals surface area contributed by atoms with Crippen LogP contribution in [0.3, 0.4) is 0 Å². The molecule has 3 fully saturated rings.